The van der Waals surface area contributed by atoms with Gasteiger partial charge >= 0.3 is 7.12 Å². The standard InChI is InChI=1S/C46H40BNO3/c1-45(2)46(3,4)51-47(50-45)34-23-29-37(30-24-34)48(35-25-19-32(20-26-35)39-15-9-12-31-11-5-6-13-38(31)39)36-27-21-33(22-28-36)40-16-10-17-42-41-14-7-8-18-43(41)49-44(40)42/h5-14,16-30,39H,15H2,1-4H3. The topological polar surface area (TPSA) is 34.8 Å². The lowest BCUT2D eigenvalue weighted by Gasteiger charge is -2.32. The first-order valence-corrected chi connectivity index (χ1v) is 17.9. The summed E-state index contributed by atoms with van der Waals surface area (Å²) in [6.45, 7) is 8.36. The normalized spacial score (nSPS) is 17.6. The van der Waals surface area contributed by atoms with Crippen molar-refractivity contribution in [2.45, 2.75) is 51.2 Å². The molecule has 5 heteroatoms. The number of allylic oxidation sites excluding steroid dienone is 1. The summed E-state index contributed by atoms with van der Waals surface area (Å²) in [4.78, 5) is 2.32. The van der Waals surface area contributed by atoms with Crippen molar-refractivity contribution >= 4 is 57.7 Å². The van der Waals surface area contributed by atoms with Crippen LogP contribution in [0.5, 0.6) is 0 Å². The van der Waals surface area contributed by atoms with Gasteiger partial charge in [0.05, 0.1) is 11.2 Å². The smallest absolute Gasteiger partial charge is 0.455 e. The van der Waals surface area contributed by atoms with E-state index >= 15 is 0 Å². The van der Waals surface area contributed by atoms with Crippen LogP contribution < -0.4 is 10.4 Å². The van der Waals surface area contributed by atoms with Crippen molar-refractivity contribution in [1.29, 1.82) is 0 Å². The van der Waals surface area contributed by atoms with Crippen LogP contribution in [0.25, 0.3) is 39.1 Å². The molecule has 1 aliphatic carbocycles. The Bertz CT molecular complexity index is 2390. The molecular weight excluding hydrogens is 625 g/mol. The number of hydrogen-bond acceptors (Lipinski definition) is 4. The molecule has 0 radical (unpaired) electrons. The average Bonchev–Trinajstić information content (AvgIpc) is 3.64. The minimum absolute atomic E-state index is 0.341. The van der Waals surface area contributed by atoms with Crippen LogP contribution in [0.2, 0.25) is 0 Å². The lowest BCUT2D eigenvalue weighted by molar-refractivity contribution is 0.00578. The summed E-state index contributed by atoms with van der Waals surface area (Å²) in [6.07, 6.45) is 5.54. The molecule has 2 heterocycles. The number of fused-ring (bicyclic) bond motifs is 4. The van der Waals surface area contributed by atoms with E-state index in [1.54, 1.807) is 0 Å². The fourth-order valence-electron chi connectivity index (χ4n) is 7.58. The summed E-state index contributed by atoms with van der Waals surface area (Å²) in [7, 11) is -0.413. The monoisotopic (exact) mass is 665 g/mol. The van der Waals surface area contributed by atoms with Gasteiger partial charge in [-0.2, -0.15) is 0 Å². The Kier molecular flexibility index (Phi) is 7.53. The number of rotatable bonds is 6. The molecule has 0 spiro atoms. The molecule has 6 aromatic carbocycles. The van der Waals surface area contributed by atoms with Crippen LogP contribution in [0, 0.1) is 0 Å². The lowest BCUT2D eigenvalue weighted by atomic mass is 9.79. The van der Waals surface area contributed by atoms with Crippen molar-refractivity contribution in [2.24, 2.45) is 0 Å². The fraction of sp³-hybridized carbons (Fsp3) is 0.174. The molecule has 1 aromatic heterocycles. The van der Waals surface area contributed by atoms with Crippen molar-refractivity contribution in [3.05, 3.63) is 162 Å². The Morgan fingerprint density at radius 1 is 0.608 bits per heavy atom. The molecular formula is C46H40BNO3. The summed E-state index contributed by atoms with van der Waals surface area (Å²) < 4.78 is 19.1. The molecule has 7 aromatic rings. The Labute approximate surface area is 300 Å². The molecule has 1 saturated heterocycles. The highest BCUT2D eigenvalue weighted by Gasteiger charge is 2.51. The highest BCUT2D eigenvalue weighted by molar-refractivity contribution is 6.62. The summed E-state index contributed by atoms with van der Waals surface area (Å²) in [6, 6.07) is 49.8. The molecule has 4 nitrogen and oxygen atoms in total. The van der Waals surface area contributed by atoms with Gasteiger partial charge in [0.25, 0.3) is 0 Å². The van der Waals surface area contributed by atoms with Crippen molar-refractivity contribution in [1.82, 2.24) is 0 Å². The van der Waals surface area contributed by atoms with Gasteiger partial charge in [-0.05, 0) is 104 Å². The Morgan fingerprint density at radius 3 is 1.94 bits per heavy atom. The van der Waals surface area contributed by atoms with Crippen LogP contribution in [-0.4, -0.2) is 18.3 Å². The van der Waals surface area contributed by atoms with Crippen LogP contribution in [0.15, 0.2) is 150 Å². The van der Waals surface area contributed by atoms with Gasteiger partial charge in [0.2, 0.25) is 0 Å². The fourth-order valence-corrected chi connectivity index (χ4v) is 7.58. The van der Waals surface area contributed by atoms with Crippen LogP contribution in [-0.2, 0) is 9.31 Å². The van der Waals surface area contributed by atoms with E-state index in [4.69, 9.17) is 13.7 Å². The van der Waals surface area contributed by atoms with E-state index in [9.17, 15) is 0 Å². The number of furan rings is 1. The van der Waals surface area contributed by atoms with Crippen molar-refractivity contribution in [2.75, 3.05) is 4.90 Å². The predicted molar refractivity (Wildman–Crippen MR) is 211 cm³/mol. The maximum atomic E-state index is 6.38. The summed E-state index contributed by atoms with van der Waals surface area (Å²) >= 11 is 0. The number of nitrogens with zero attached hydrogens (tertiary/aromatic N) is 1. The summed E-state index contributed by atoms with van der Waals surface area (Å²) in [5.74, 6) is 0.341. The van der Waals surface area contributed by atoms with E-state index in [1.165, 1.54) is 16.7 Å². The van der Waals surface area contributed by atoms with E-state index in [2.05, 4.69) is 172 Å². The summed E-state index contributed by atoms with van der Waals surface area (Å²) in [5.41, 5.74) is 11.5. The average molecular weight is 666 g/mol. The zero-order chi connectivity index (χ0) is 34.7. The Balaban J connectivity index is 1.08. The number of para-hydroxylation sites is 2. The van der Waals surface area contributed by atoms with E-state index in [1.807, 2.05) is 12.1 Å². The minimum Gasteiger partial charge on any atom is -0.455 e. The zero-order valence-corrected chi connectivity index (χ0v) is 29.5. The third-order valence-electron chi connectivity index (χ3n) is 11.1. The van der Waals surface area contributed by atoms with Gasteiger partial charge in [0, 0.05) is 39.3 Å². The van der Waals surface area contributed by atoms with Gasteiger partial charge in [-0.25, -0.2) is 0 Å². The molecule has 1 aliphatic heterocycles. The maximum absolute atomic E-state index is 6.38. The van der Waals surface area contributed by atoms with Gasteiger partial charge < -0.3 is 18.6 Å². The van der Waals surface area contributed by atoms with Gasteiger partial charge in [-0.3, -0.25) is 0 Å². The first-order valence-electron chi connectivity index (χ1n) is 17.9. The lowest BCUT2D eigenvalue weighted by Crippen LogP contribution is -2.41. The van der Waals surface area contributed by atoms with Gasteiger partial charge in [0.15, 0.2) is 0 Å². The highest BCUT2D eigenvalue weighted by Crippen LogP contribution is 2.41. The molecule has 1 atom stereocenters. The first-order chi connectivity index (χ1) is 24.8. The van der Waals surface area contributed by atoms with Crippen molar-refractivity contribution in [3.8, 4) is 11.1 Å². The summed E-state index contributed by atoms with van der Waals surface area (Å²) in [5, 5.41) is 2.27. The predicted octanol–water partition coefficient (Wildman–Crippen LogP) is 11.6. The third kappa shape index (κ3) is 5.49. The SMILES string of the molecule is CC1(C)OB(c2ccc(N(c3ccc(-c4cccc5c4oc4ccccc45)cc3)c3ccc(C4CC=Cc5ccccc54)cc3)cc2)OC1(C)C. The van der Waals surface area contributed by atoms with Gasteiger partial charge in [-0.1, -0.05) is 109 Å². The van der Waals surface area contributed by atoms with Crippen molar-refractivity contribution < 1.29 is 13.7 Å². The van der Waals surface area contributed by atoms with E-state index in [0.29, 0.717) is 5.92 Å². The minimum atomic E-state index is -0.413. The number of anilines is 3. The molecule has 0 N–H and O–H groups in total. The second-order valence-corrected chi connectivity index (χ2v) is 14.8. The second-order valence-electron chi connectivity index (χ2n) is 14.8. The molecule has 0 saturated carbocycles. The molecule has 1 unspecified atom stereocenters. The highest BCUT2D eigenvalue weighted by atomic mass is 16.7. The molecule has 9 rings (SSSR count). The molecule has 51 heavy (non-hydrogen) atoms. The Hall–Kier alpha value is -5.36. The zero-order valence-electron chi connectivity index (χ0n) is 29.5. The molecule has 0 amide bonds. The number of benzene rings is 6. The molecule has 250 valence electrons. The van der Waals surface area contributed by atoms with E-state index in [-0.39, 0.29) is 0 Å². The molecule has 0 bridgehead atoms. The number of hydrogen-bond donors (Lipinski definition) is 0. The van der Waals surface area contributed by atoms with Gasteiger partial charge in [-0.15, -0.1) is 0 Å². The quantitative estimate of drug-likeness (QED) is 0.166. The maximum Gasteiger partial charge on any atom is 0.494 e. The Morgan fingerprint density at radius 2 is 1.22 bits per heavy atom. The van der Waals surface area contributed by atoms with Crippen LogP contribution in [0.3, 0.4) is 0 Å². The van der Waals surface area contributed by atoms with E-state index < -0.39 is 18.3 Å². The molecule has 2 aliphatic rings. The first kappa shape index (κ1) is 31.6. The largest absolute Gasteiger partial charge is 0.494 e. The second kappa shape index (κ2) is 12.2. The molecule has 1 fully saturated rings. The van der Waals surface area contributed by atoms with Crippen LogP contribution in [0.1, 0.15) is 56.7 Å². The van der Waals surface area contributed by atoms with Crippen LogP contribution in [0.4, 0.5) is 17.1 Å². The third-order valence-corrected chi connectivity index (χ3v) is 11.1. The van der Waals surface area contributed by atoms with E-state index in [0.717, 1.165) is 62.0 Å². The van der Waals surface area contributed by atoms with Gasteiger partial charge in [0.1, 0.15) is 11.2 Å². The van der Waals surface area contributed by atoms with Crippen LogP contribution >= 0.6 is 0 Å². The van der Waals surface area contributed by atoms with Crippen molar-refractivity contribution in [3.63, 3.8) is 0 Å².